The van der Waals surface area contributed by atoms with Crippen LogP contribution in [0.4, 0.5) is 22.9 Å². The average Bonchev–Trinajstić information content (AvgIpc) is 3.48. The van der Waals surface area contributed by atoms with Gasteiger partial charge in [-0.25, -0.2) is 0 Å². The Morgan fingerprint density at radius 2 is 1.25 bits per heavy atom. The molecule has 0 aliphatic carbocycles. The minimum absolute atomic E-state index is 0.771. The molecular weight excluding hydrogens is 536 g/mol. The lowest BCUT2D eigenvalue weighted by atomic mass is 9.94. The molecule has 0 fully saturated rings. The van der Waals surface area contributed by atoms with Crippen molar-refractivity contribution in [3.8, 4) is 11.1 Å². The Balaban J connectivity index is 1.17. The van der Waals surface area contributed by atoms with Crippen LogP contribution < -0.4 is 10.2 Å². The van der Waals surface area contributed by atoms with Gasteiger partial charge >= 0.3 is 0 Å². The standard InChI is InChI=1S/C41H28N2O/c1-2-9-31(10-3-1)43(38-13-6-14-39-40(38)36-12-7-25-42-41(36)44-39)32-21-17-27(18-22-32)30-16-15-29-20-23-34-33-11-5-4-8-28(33)19-24-35(34)37(29)26-30/h1-24,26,42H,25H2. The minimum atomic E-state index is 0.771. The molecular formula is C41H28N2O. The van der Waals surface area contributed by atoms with E-state index in [1.165, 1.54) is 43.4 Å². The molecule has 0 saturated carbocycles. The van der Waals surface area contributed by atoms with Gasteiger partial charge < -0.3 is 14.6 Å². The van der Waals surface area contributed by atoms with E-state index in [-0.39, 0.29) is 0 Å². The molecule has 0 spiro atoms. The second-order valence-electron chi connectivity index (χ2n) is 11.4. The lowest BCUT2D eigenvalue weighted by Gasteiger charge is -2.26. The van der Waals surface area contributed by atoms with Crippen LogP contribution in [0.15, 0.2) is 150 Å². The summed E-state index contributed by atoms with van der Waals surface area (Å²) in [4.78, 5) is 2.32. The van der Waals surface area contributed by atoms with Crippen molar-refractivity contribution in [2.75, 3.05) is 16.8 Å². The van der Waals surface area contributed by atoms with E-state index in [1.807, 2.05) is 6.07 Å². The normalized spacial score (nSPS) is 12.5. The second-order valence-corrected chi connectivity index (χ2v) is 11.4. The summed E-state index contributed by atoms with van der Waals surface area (Å²) in [7, 11) is 0. The topological polar surface area (TPSA) is 28.4 Å². The summed E-state index contributed by atoms with van der Waals surface area (Å²) in [5.74, 6) is 0.829. The third kappa shape index (κ3) is 3.90. The zero-order chi connectivity index (χ0) is 29.0. The van der Waals surface area contributed by atoms with E-state index < -0.39 is 0 Å². The van der Waals surface area contributed by atoms with Gasteiger partial charge in [0.2, 0.25) is 5.88 Å². The number of nitrogens with zero attached hydrogens (tertiary/aromatic N) is 1. The molecule has 3 heteroatoms. The molecule has 8 aromatic rings. The highest BCUT2D eigenvalue weighted by atomic mass is 16.3. The van der Waals surface area contributed by atoms with Gasteiger partial charge in [0.05, 0.1) is 11.1 Å². The predicted molar refractivity (Wildman–Crippen MR) is 186 cm³/mol. The van der Waals surface area contributed by atoms with Crippen molar-refractivity contribution >= 4 is 72.3 Å². The molecule has 7 aromatic carbocycles. The van der Waals surface area contributed by atoms with Crippen LogP contribution in [0.2, 0.25) is 0 Å². The van der Waals surface area contributed by atoms with E-state index >= 15 is 0 Å². The van der Waals surface area contributed by atoms with Crippen molar-refractivity contribution in [3.05, 3.63) is 151 Å². The highest BCUT2D eigenvalue weighted by Gasteiger charge is 2.22. The molecule has 1 aliphatic rings. The zero-order valence-corrected chi connectivity index (χ0v) is 24.0. The summed E-state index contributed by atoms with van der Waals surface area (Å²) < 4.78 is 6.23. The van der Waals surface area contributed by atoms with E-state index in [9.17, 15) is 0 Å². The summed E-state index contributed by atoms with van der Waals surface area (Å²) in [6.07, 6.45) is 4.31. The Kier molecular flexibility index (Phi) is 5.57. The zero-order valence-electron chi connectivity index (χ0n) is 24.0. The highest BCUT2D eigenvalue weighted by molar-refractivity contribution is 6.17. The van der Waals surface area contributed by atoms with E-state index in [0.717, 1.165) is 46.0 Å². The number of furan rings is 1. The van der Waals surface area contributed by atoms with Crippen molar-refractivity contribution < 1.29 is 4.42 Å². The van der Waals surface area contributed by atoms with E-state index in [0.29, 0.717) is 0 Å². The quantitative estimate of drug-likeness (QED) is 0.216. The summed E-state index contributed by atoms with van der Waals surface area (Å²) in [6.45, 7) is 0.771. The van der Waals surface area contributed by atoms with Crippen molar-refractivity contribution in [1.29, 1.82) is 0 Å². The SMILES string of the molecule is C1=Cc2c(oc3cccc(N(c4ccccc4)c4ccc(-c5ccc6ccc7c8ccccc8ccc7c6c5)cc4)c23)NC1. The maximum Gasteiger partial charge on any atom is 0.201 e. The number of fused-ring (bicyclic) bond motifs is 8. The molecule has 0 saturated heterocycles. The van der Waals surface area contributed by atoms with Gasteiger partial charge in [0, 0.05) is 23.5 Å². The molecule has 0 amide bonds. The Labute approximate surface area is 255 Å². The Bertz CT molecular complexity index is 2380. The molecule has 0 radical (unpaired) electrons. The minimum Gasteiger partial charge on any atom is -0.440 e. The maximum absolute atomic E-state index is 6.23. The van der Waals surface area contributed by atoms with Crippen LogP contribution in [0.5, 0.6) is 0 Å². The predicted octanol–water partition coefficient (Wildman–Crippen LogP) is 11.5. The first-order chi connectivity index (χ1) is 21.8. The smallest absolute Gasteiger partial charge is 0.201 e. The van der Waals surface area contributed by atoms with Gasteiger partial charge in [-0.05, 0) is 85.9 Å². The lowest BCUT2D eigenvalue weighted by molar-refractivity contribution is 0.628. The molecule has 0 bridgehead atoms. The molecule has 1 aromatic heterocycles. The highest BCUT2D eigenvalue weighted by Crippen LogP contribution is 2.44. The molecule has 1 N–H and O–H groups in total. The third-order valence-electron chi connectivity index (χ3n) is 8.85. The van der Waals surface area contributed by atoms with Crippen LogP contribution in [0.3, 0.4) is 0 Å². The fourth-order valence-electron chi connectivity index (χ4n) is 6.76. The number of para-hydroxylation sites is 1. The molecule has 1 aliphatic heterocycles. The van der Waals surface area contributed by atoms with Crippen LogP contribution in [-0.4, -0.2) is 6.54 Å². The number of hydrogen-bond acceptors (Lipinski definition) is 3. The number of nitrogens with one attached hydrogen (secondary N) is 1. The summed E-state index contributed by atoms with van der Waals surface area (Å²) >= 11 is 0. The van der Waals surface area contributed by atoms with Gasteiger partial charge in [-0.2, -0.15) is 0 Å². The molecule has 2 heterocycles. The first-order valence-corrected chi connectivity index (χ1v) is 15.1. The van der Waals surface area contributed by atoms with E-state index in [4.69, 9.17) is 4.42 Å². The van der Waals surface area contributed by atoms with Crippen LogP contribution in [0.25, 0.3) is 60.5 Å². The lowest BCUT2D eigenvalue weighted by Crippen LogP contribution is -2.10. The molecule has 208 valence electrons. The number of benzene rings is 7. The van der Waals surface area contributed by atoms with Gasteiger partial charge in [0.15, 0.2) is 0 Å². The van der Waals surface area contributed by atoms with Gasteiger partial charge in [-0.3, -0.25) is 0 Å². The third-order valence-corrected chi connectivity index (χ3v) is 8.85. The summed E-state index contributed by atoms with van der Waals surface area (Å²) in [5, 5.41) is 12.2. The molecule has 0 unspecified atom stereocenters. The summed E-state index contributed by atoms with van der Waals surface area (Å²) in [5.41, 5.74) is 7.64. The first-order valence-electron chi connectivity index (χ1n) is 15.1. The van der Waals surface area contributed by atoms with Gasteiger partial charge in [0.25, 0.3) is 0 Å². The second kappa shape index (κ2) is 9.89. The summed E-state index contributed by atoms with van der Waals surface area (Å²) in [6, 6.07) is 50.2. The first kappa shape index (κ1) is 24.8. The van der Waals surface area contributed by atoms with Gasteiger partial charge in [-0.1, -0.05) is 109 Å². The fraction of sp³-hybridized carbons (Fsp3) is 0.0244. The Morgan fingerprint density at radius 1 is 0.545 bits per heavy atom. The van der Waals surface area contributed by atoms with Crippen molar-refractivity contribution in [2.45, 2.75) is 0 Å². The fourth-order valence-corrected chi connectivity index (χ4v) is 6.76. The molecule has 9 rings (SSSR count). The van der Waals surface area contributed by atoms with E-state index in [1.54, 1.807) is 0 Å². The molecule has 3 nitrogen and oxygen atoms in total. The molecule has 44 heavy (non-hydrogen) atoms. The number of anilines is 4. The van der Waals surface area contributed by atoms with Gasteiger partial charge in [0.1, 0.15) is 5.58 Å². The monoisotopic (exact) mass is 564 g/mol. The van der Waals surface area contributed by atoms with Crippen molar-refractivity contribution in [2.24, 2.45) is 0 Å². The average molecular weight is 565 g/mol. The molecule has 0 atom stereocenters. The van der Waals surface area contributed by atoms with E-state index in [2.05, 4.69) is 156 Å². The van der Waals surface area contributed by atoms with Crippen LogP contribution in [0, 0.1) is 0 Å². The van der Waals surface area contributed by atoms with Crippen molar-refractivity contribution in [1.82, 2.24) is 0 Å². The maximum atomic E-state index is 6.23. The number of rotatable bonds is 4. The number of hydrogen-bond donors (Lipinski definition) is 1. The van der Waals surface area contributed by atoms with Crippen LogP contribution in [0.1, 0.15) is 5.56 Å². The van der Waals surface area contributed by atoms with Gasteiger partial charge in [-0.15, -0.1) is 0 Å². The Morgan fingerprint density at radius 3 is 2.11 bits per heavy atom. The van der Waals surface area contributed by atoms with Crippen LogP contribution >= 0.6 is 0 Å². The largest absolute Gasteiger partial charge is 0.440 e. The van der Waals surface area contributed by atoms with Crippen molar-refractivity contribution in [3.63, 3.8) is 0 Å². The Hall–Kier alpha value is -5.80. The van der Waals surface area contributed by atoms with Crippen LogP contribution in [-0.2, 0) is 0 Å².